The molecule has 0 aromatic carbocycles. The van der Waals surface area contributed by atoms with Crippen LogP contribution in [0, 0.1) is 0 Å². The molecule has 0 spiro atoms. The highest BCUT2D eigenvalue weighted by molar-refractivity contribution is 4.90. The minimum Gasteiger partial charge on any atom is -0.308 e. The van der Waals surface area contributed by atoms with E-state index in [1.54, 1.807) is 0 Å². The van der Waals surface area contributed by atoms with Gasteiger partial charge in [-0.25, -0.2) is 0 Å². The Hall–Kier alpha value is -0.340. The number of likely N-dealkylation sites (N-methyl/N-ethyl adjacent to an activating group) is 1. The second kappa shape index (κ2) is 2.99. The van der Waals surface area contributed by atoms with Crippen molar-refractivity contribution in [3.05, 3.63) is 12.7 Å². The number of piperazine rings is 1. The largest absolute Gasteiger partial charge is 0.308 e. The van der Waals surface area contributed by atoms with E-state index in [2.05, 4.69) is 23.8 Å². The maximum atomic E-state index is 3.73. The molecule has 1 rings (SSSR count). The van der Waals surface area contributed by atoms with Gasteiger partial charge in [0.1, 0.15) is 0 Å². The van der Waals surface area contributed by atoms with Gasteiger partial charge in [0.2, 0.25) is 0 Å². The van der Waals surface area contributed by atoms with E-state index in [1.165, 1.54) is 0 Å². The van der Waals surface area contributed by atoms with Crippen molar-refractivity contribution < 1.29 is 0 Å². The molecule has 9 heavy (non-hydrogen) atoms. The molecule has 1 aliphatic heterocycles. The number of hydrogen-bond donors (Lipinski definition) is 1. The topological polar surface area (TPSA) is 15.3 Å². The molecule has 2 heteroatoms. The molecule has 0 unspecified atom stereocenters. The Labute approximate surface area is 56.5 Å². The van der Waals surface area contributed by atoms with Gasteiger partial charge in [-0.3, -0.25) is 0 Å². The standard InChI is InChI=1S/C7H14N2/c1-3-7-6-9(2)5-4-8-7/h3,7-8H,1,4-6H2,2H3/t7-/m1/s1. The van der Waals surface area contributed by atoms with Crippen LogP contribution in [0.1, 0.15) is 0 Å². The summed E-state index contributed by atoms with van der Waals surface area (Å²) in [6.07, 6.45) is 1.97. The minimum atomic E-state index is 0.503. The highest BCUT2D eigenvalue weighted by Crippen LogP contribution is 1.94. The molecule has 0 saturated carbocycles. The van der Waals surface area contributed by atoms with Gasteiger partial charge < -0.3 is 10.2 Å². The molecular weight excluding hydrogens is 112 g/mol. The molecule has 1 fully saturated rings. The molecule has 1 N–H and O–H groups in total. The Balaban J connectivity index is 2.31. The van der Waals surface area contributed by atoms with Crippen LogP contribution in [-0.4, -0.2) is 37.6 Å². The number of hydrogen-bond acceptors (Lipinski definition) is 2. The van der Waals surface area contributed by atoms with E-state index in [0.717, 1.165) is 19.6 Å². The van der Waals surface area contributed by atoms with Crippen LogP contribution < -0.4 is 5.32 Å². The van der Waals surface area contributed by atoms with Crippen LogP contribution in [-0.2, 0) is 0 Å². The van der Waals surface area contributed by atoms with Gasteiger partial charge >= 0.3 is 0 Å². The zero-order chi connectivity index (χ0) is 6.69. The summed E-state index contributed by atoms with van der Waals surface area (Å²) in [6, 6.07) is 0.503. The summed E-state index contributed by atoms with van der Waals surface area (Å²) in [7, 11) is 2.14. The fourth-order valence-electron chi connectivity index (χ4n) is 1.09. The predicted octanol–water partition coefficient (Wildman–Crippen LogP) is 0.0760. The van der Waals surface area contributed by atoms with Gasteiger partial charge in [-0.2, -0.15) is 0 Å². The maximum Gasteiger partial charge on any atom is 0.0376 e. The zero-order valence-electron chi connectivity index (χ0n) is 5.93. The van der Waals surface area contributed by atoms with Crippen molar-refractivity contribution in [1.82, 2.24) is 10.2 Å². The average molecular weight is 126 g/mol. The van der Waals surface area contributed by atoms with E-state index in [4.69, 9.17) is 0 Å². The lowest BCUT2D eigenvalue weighted by molar-refractivity contribution is 0.261. The molecule has 0 radical (unpaired) electrons. The van der Waals surface area contributed by atoms with Gasteiger partial charge in [0.15, 0.2) is 0 Å². The van der Waals surface area contributed by atoms with Crippen LogP contribution in [0.5, 0.6) is 0 Å². The third-order valence-corrected chi connectivity index (χ3v) is 1.69. The van der Waals surface area contributed by atoms with Gasteiger partial charge in [-0.1, -0.05) is 6.08 Å². The predicted molar refractivity (Wildman–Crippen MR) is 39.5 cm³/mol. The van der Waals surface area contributed by atoms with Gasteiger partial charge in [-0.15, -0.1) is 6.58 Å². The fraction of sp³-hybridized carbons (Fsp3) is 0.714. The van der Waals surface area contributed by atoms with Crippen molar-refractivity contribution in [2.45, 2.75) is 6.04 Å². The van der Waals surface area contributed by atoms with Crippen molar-refractivity contribution >= 4 is 0 Å². The molecule has 0 aromatic rings. The Morgan fingerprint density at radius 3 is 3.00 bits per heavy atom. The quantitative estimate of drug-likeness (QED) is 0.500. The van der Waals surface area contributed by atoms with E-state index >= 15 is 0 Å². The number of rotatable bonds is 1. The smallest absolute Gasteiger partial charge is 0.0376 e. The first-order chi connectivity index (χ1) is 4.33. The van der Waals surface area contributed by atoms with E-state index in [1.807, 2.05) is 6.08 Å². The van der Waals surface area contributed by atoms with E-state index < -0.39 is 0 Å². The monoisotopic (exact) mass is 126 g/mol. The lowest BCUT2D eigenvalue weighted by atomic mass is 10.2. The molecule has 0 aliphatic carbocycles. The van der Waals surface area contributed by atoms with Crippen molar-refractivity contribution in [3.63, 3.8) is 0 Å². The SMILES string of the molecule is C=C[C@@H]1CN(C)CCN1. The molecule has 52 valence electrons. The number of nitrogens with zero attached hydrogens (tertiary/aromatic N) is 1. The molecular formula is C7H14N2. The van der Waals surface area contributed by atoms with Crippen molar-refractivity contribution in [1.29, 1.82) is 0 Å². The normalized spacial score (nSPS) is 30.1. The molecule has 0 aromatic heterocycles. The first-order valence-electron chi connectivity index (χ1n) is 3.37. The lowest BCUT2D eigenvalue weighted by Gasteiger charge is -2.28. The van der Waals surface area contributed by atoms with Gasteiger partial charge in [0.05, 0.1) is 0 Å². The summed E-state index contributed by atoms with van der Waals surface area (Å²) >= 11 is 0. The Kier molecular flexibility index (Phi) is 2.25. The Morgan fingerprint density at radius 2 is 2.56 bits per heavy atom. The molecule has 1 aliphatic rings. The Bertz CT molecular complexity index is 101. The highest BCUT2D eigenvalue weighted by atomic mass is 15.2. The minimum absolute atomic E-state index is 0.503. The van der Waals surface area contributed by atoms with Crippen molar-refractivity contribution in [3.8, 4) is 0 Å². The van der Waals surface area contributed by atoms with Crippen LogP contribution in [0.25, 0.3) is 0 Å². The molecule has 0 amide bonds. The van der Waals surface area contributed by atoms with Gasteiger partial charge in [0.25, 0.3) is 0 Å². The summed E-state index contributed by atoms with van der Waals surface area (Å²) in [5, 5.41) is 3.34. The van der Waals surface area contributed by atoms with Crippen molar-refractivity contribution in [2.75, 3.05) is 26.7 Å². The lowest BCUT2D eigenvalue weighted by Crippen LogP contribution is -2.47. The maximum absolute atomic E-state index is 3.73. The van der Waals surface area contributed by atoms with E-state index in [-0.39, 0.29) is 0 Å². The van der Waals surface area contributed by atoms with Gasteiger partial charge in [0, 0.05) is 25.7 Å². The molecule has 1 heterocycles. The van der Waals surface area contributed by atoms with Gasteiger partial charge in [-0.05, 0) is 7.05 Å². The average Bonchev–Trinajstić information content (AvgIpc) is 1.88. The first-order valence-corrected chi connectivity index (χ1v) is 3.37. The van der Waals surface area contributed by atoms with Crippen LogP contribution >= 0.6 is 0 Å². The second-order valence-corrected chi connectivity index (χ2v) is 2.56. The summed E-state index contributed by atoms with van der Waals surface area (Å²) in [5.74, 6) is 0. The molecule has 2 nitrogen and oxygen atoms in total. The van der Waals surface area contributed by atoms with Crippen molar-refractivity contribution in [2.24, 2.45) is 0 Å². The molecule has 1 saturated heterocycles. The molecule has 0 bridgehead atoms. The summed E-state index contributed by atoms with van der Waals surface area (Å²) in [4.78, 5) is 2.31. The first kappa shape index (κ1) is 6.78. The summed E-state index contributed by atoms with van der Waals surface area (Å²) in [6.45, 7) is 7.08. The fourth-order valence-corrected chi connectivity index (χ4v) is 1.09. The van der Waals surface area contributed by atoms with Crippen LogP contribution in [0.2, 0.25) is 0 Å². The van der Waals surface area contributed by atoms with Crippen LogP contribution in [0.4, 0.5) is 0 Å². The van der Waals surface area contributed by atoms with Crippen LogP contribution in [0.15, 0.2) is 12.7 Å². The summed E-state index contributed by atoms with van der Waals surface area (Å²) < 4.78 is 0. The number of nitrogens with one attached hydrogen (secondary N) is 1. The van der Waals surface area contributed by atoms with Crippen LogP contribution in [0.3, 0.4) is 0 Å². The Morgan fingerprint density at radius 1 is 1.78 bits per heavy atom. The highest BCUT2D eigenvalue weighted by Gasteiger charge is 2.11. The summed E-state index contributed by atoms with van der Waals surface area (Å²) in [5.41, 5.74) is 0. The molecule has 1 atom stereocenters. The third-order valence-electron chi connectivity index (χ3n) is 1.69. The third kappa shape index (κ3) is 1.80. The second-order valence-electron chi connectivity index (χ2n) is 2.56. The van der Waals surface area contributed by atoms with E-state index in [0.29, 0.717) is 6.04 Å². The van der Waals surface area contributed by atoms with E-state index in [9.17, 15) is 0 Å². The zero-order valence-corrected chi connectivity index (χ0v) is 5.93.